The standard InChI is InChI=1S/C43H59N5O11/c1-26(2)38-41(55)44-34(25-30-15-12-16-31(50)24-30)42(56)48-23-13-17-33(46-48)43(57)59-36(27(3)14-11-20-37(52)47(6)58-7)19-10-8-9-18-35(51)29(5)39(53)32(40(54)45-38)22-21-28(4)49/h8-12,14-16,18,20,24,26,29,32-34,36,38-39,46,50,53H,13,17,19,21-23,25H2,1-7H3,(H,44,55)(H,45,54)/b10-8?,18-9+,20-11?,27-14?/t29?,32-,33?,34+,36+,38+,39-/m1/s1. The number of hydrazine groups is 1. The fourth-order valence-electron chi connectivity index (χ4n) is 6.53. The van der Waals surface area contributed by atoms with Gasteiger partial charge in [0, 0.05) is 44.8 Å². The highest BCUT2D eigenvalue weighted by Gasteiger charge is 2.38. The molecule has 2 unspecified atom stereocenters. The van der Waals surface area contributed by atoms with Crippen molar-refractivity contribution in [2.75, 3.05) is 20.7 Å². The highest BCUT2D eigenvalue weighted by molar-refractivity contribution is 5.95. The number of carbonyl (C=O) groups excluding carboxylic acids is 7. The van der Waals surface area contributed by atoms with E-state index in [9.17, 15) is 43.8 Å². The number of carbonyl (C=O) groups is 7. The molecular formula is C43H59N5O11. The molecule has 0 saturated carbocycles. The first-order valence-electron chi connectivity index (χ1n) is 19.8. The summed E-state index contributed by atoms with van der Waals surface area (Å²) in [6.45, 7) is 8.10. The number of nitrogens with zero attached hydrogens (tertiary/aromatic N) is 2. The molecule has 0 aliphatic carbocycles. The van der Waals surface area contributed by atoms with E-state index < -0.39 is 83.5 Å². The van der Waals surface area contributed by atoms with Crippen LogP contribution in [0.5, 0.6) is 5.75 Å². The third kappa shape index (κ3) is 14.7. The highest BCUT2D eigenvalue weighted by atomic mass is 16.7. The number of hydrogen-bond donors (Lipinski definition) is 5. The number of likely N-dealkylation sites (N-methyl/N-ethyl adjacent to an activating group) is 1. The number of ketones is 2. The van der Waals surface area contributed by atoms with Crippen LogP contribution in [0.4, 0.5) is 0 Å². The molecule has 7 atom stereocenters. The number of fused-ring (bicyclic) bond motifs is 2. The summed E-state index contributed by atoms with van der Waals surface area (Å²) in [5.41, 5.74) is 4.07. The van der Waals surface area contributed by atoms with Gasteiger partial charge in [0.15, 0.2) is 5.78 Å². The number of hydrogen-bond acceptors (Lipinski definition) is 12. The quantitative estimate of drug-likeness (QED) is 0.0996. The Morgan fingerprint density at radius 2 is 1.81 bits per heavy atom. The van der Waals surface area contributed by atoms with Crippen molar-refractivity contribution in [3.05, 3.63) is 77.9 Å². The number of aromatic hydroxyl groups is 1. The van der Waals surface area contributed by atoms with Crippen LogP contribution in [-0.2, 0) is 49.6 Å². The highest BCUT2D eigenvalue weighted by Crippen LogP contribution is 2.23. The van der Waals surface area contributed by atoms with Gasteiger partial charge in [-0.25, -0.2) is 10.5 Å². The lowest BCUT2D eigenvalue weighted by molar-refractivity contribution is -0.162. The maximum absolute atomic E-state index is 14.3. The number of Topliss-reactive ketones (excluding diaryl/α,β-unsaturated/α-hetero) is 1. The van der Waals surface area contributed by atoms with Crippen molar-refractivity contribution in [2.45, 2.75) is 103 Å². The van der Waals surface area contributed by atoms with E-state index in [-0.39, 0.29) is 43.8 Å². The van der Waals surface area contributed by atoms with Crippen LogP contribution in [0.2, 0.25) is 0 Å². The van der Waals surface area contributed by atoms with Gasteiger partial charge in [0.1, 0.15) is 35.8 Å². The largest absolute Gasteiger partial charge is 0.508 e. The summed E-state index contributed by atoms with van der Waals surface area (Å²) in [4.78, 5) is 98.3. The second kappa shape index (κ2) is 23.2. The lowest BCUT2D eigenvalue weighted by Gasteiger charge is -2.36. The van der Waals surface area contributed by atoms with Gasteiger partial charge in [-0.2, -0.15) is 0 Å². The first kappa shape index (κ1) is 47.9. The average Bonchev–Trinajstić information content (AvgIpc) is 3.20. The van der Waals surface area contributed by atoms with Crippen molar-refractivity contribution < 1.29 is 53.3 Å². The van der Waals surface area contributed by atoms with E-state index in [1.54, 1.807) is 51.1 Å². The summed E-state index contributed by atoms with van der Waals surface area (Å²) in [6.07, 6.45) is 8.66. The van der Waals surface area contributed by atoms with Crippen molar-refractivity contribution in [2.24, 2.45) is 17.8 Å². The number of amides is 4. The Hall–Kier alpha value is -5.45. The van der Waals surface area contributed by atoms with E-state index in [1.165, 1.54) is 69.5 Å². The molecule has 1 fully saturated rings. The number of esters is 1. The number of phenols is 1. The first-order chi connectivity index (χ1) is 27.9. The fraction of sp³-hybridized carbons (Fsp3) is 0.512. The molecule has 322 valence electrons. The lowest BCUT2D eigenvalue weighted by Crippen LogP contribution is -2.62. The van der Waals surface area contributed by atoms with Crippen molar-refractivity contribution in [1.82, 2.24) is 26.1 Å². The predicted octanol–water partition coefficient (Wildman–Crippen LogP) is 2.56. The lowest BCUT2D eigenvalue weighted by atomic mass is 9.84. The predicted molar refractivity (Wildman–Crippen MR) is 217 cm³/mol. The molecule has 1 aromatic rings. The van der Waals surface area contributed by atoms with E-state index in [4.69, 9.17) is 9.57 Å². The van der Waals surface area contributed by atoms with Gasteiger partial charge in [-0.15, -0.1) is 0 Å². The van der Waals surface area contributed by atoms with Crippen LogP contribution in [0.3, 0.4) is 0 Å². The van der Waals surface area contributed by atoms with E-state index in [2.05, 4.69) is 16.1 Å². The van der Waals surface area contributed by atoms with E-state index in [0.717, 1.165) is 5.06 Å². The van der Waals surface area contributed by atoms with E-state index in [0.29, 0.717) is 24.0 Å². The Morgan fingerprint density at radius 1 is 1.08 bits per heavy atom. The topological polar surface area (TPSA) is 221 Å². The summed E-state index contributed by atoms with van der Waals surface area (Å²) in [5, 5.41) is 29.3. The Balaban J connectivity index is 2.08. The zero-order valence-electron chi connectivity index (χ0n) is 34.9. The van der Waals surface area contributed by atoms with Gasteiger partial charge in [-0.1, -0.05) is 63.3 Å². The number of aliphatic hydroxyl groups excluding tert-OH is 1. The molecule has 2 aliphatic rings. The van der Waals surface area contributed by atoms with Crippen LogP contribution in [0.1, 0.15) is 72.3 Å². The zero-order chi connectivity index (χ0) is 43.8. The second-order valence-electron chi connectivity index (χ2n) is 15.2. The molecule has 16 heteroatoms. The minimum absolute atomic E-state index is 0.0533. The molecule has 0 spiro atoms. The molecule has 3 rings (SSSR count). The number of ether oxygens (including phenoxy) is 1. The van der Waals surface area contributed by atoms with Crippen LogP contribution in [0.25, 0.3) is 0 Å². The number of hydroxylamine groups is 2. The summed E-state index contributed by atoms with van der Waals surface area (Å²) in [6, 6.07) is 2.80. The number of benzene rings is 1. The number of phenolic OH excluding ortho intramolecular Hbond substituents is 1. The molecule has 16 nitrogen and oxygen atoms in total. The molecule has 2 heterocycles. The molecular weight excluding hydrogens is 762 g/mol. The number of rotatable bonds is 10. The Morgan fingerprint density at radius 3 is 2.47 bits per heavy atom. The monoisotopic (exact) mass is 821 g/mol. The van der Waals surface area contributed by atoms with E-state index in [1.807, 2.05) is 0 Å². The van der Waals surface area contributed by atoms with Crippen LogP contribution >= 0.6 is 0 Å². The van der Waals surface area contributed by atoms with Gasteiger partial charge < -0.3 is 30.4 Å². The Labute approximate surface area is 345 Å². The Kier molecular flexibility index (Phi) is 18.9. The smallest absolute Gasteiger partial charge is 0.325 e. The first-order valence-corrected chi connectivity index (χ1v) is 19.8. The number of cyclic esters (lactones) is 1. The summed E-state index contributed by atoms with van der Waals surface area (Å²) < 4.78 is 5.98. The van der Waals surface area contributed by atoms with Gasteiger partial charge in [-0.05, 0) is 68.4 Å². The number of aliphatic hydroxyl groups is 1. The maximum Gasteiger partial charge on any atom is 0.325 e. The Bertz CT molecular complexity index is 1800. The number of allylic oxidation sites excluding steroid dienone is 5. The van der Waals surface area contributed by atoms with Gasteiger partial charge in [-0.3, -0.25) is 38.6 Å². The maximum atomic E-state index is 14.3. The molecule has 1 aromatic carbocycles. The molecule has 2 aliphatic heterocycles. The average molecular weight is 822 g/mol. The minimum Gasteiger partial charge on any atom is -0.508 e. The van der Waals surface area contributed by atoms with Crippen molar-refractivity contribution in [3.8, 4) is 5.75 Å². The van der Waals surface area contributed by atoms with Crippen molar-refractivity contribution in [1.29, 1.82) is 0 Å². The molecule has 59 heavy (non-hydrogen) atoms. The zero-order valence-corrected chi connectivity index (χ0v) is 34.9. The summed E-state index contributed by atoms with van der Waals surface area (Å²) >= 11 is 0. The van der Waals surface area contributed by atoms with Gasteiger partial charge in [0.25, 0.3) is 11.8 Å². The van der Waals surface area contributed by atoms with Crippen LogP contribution in [0, 0.1) is 17.8 Å². The van der Waals surface area contributed by atoms with Crippen LogP contribution < -0.4 is 16.1 Å². The number of nitrogens with one attached hydrogen (secondary N) is 3. The molecule has 4 amide bonds. The summed E-state index contributed by atoms with van der Waals surface area (Å²) in [7, 11) is 2.80. The molecule has 5 N–H and O–H groups in total. The van der Waals surface area contributed by atoms with Crippen molar-refractivity contribution >= 4 is 41.2 Å². The van der Waals surface area contributed by atoms with Gasteiger partial charge in [0.2, 0.25) is 11.8 Å². The van der Waals surface area contributed by atoms with Gasteiger partial charge in [0.05, 0.1) is 19.1 Å². The summed E-state index contributed by atoms with van der Waals surface area (Å²) in [5.74, 6) is -6.74. The second-order valence-corrected chi connectivity index (χ2v) is 15.2. The van der Waals surface area contributed by atoms with E-state index >= 15 is 0 Å². The normalized spacial score (nSPS) is 26.4. The third-order valence-electron chi connectivity index (χ3n) is 10.3. The van der Waals surface area contributed by atoms with Crippen LogP contribution in [-0.4, -0.2) is 112 Å². The molecule has 0 aromatic heterocycles. The molecule has 2 bridgehead atoms. The van der Waals surface area contributed by atoms with Crippen molar-refractivity contribution in [3.63, 3.8) is 0 Å². The van der Waals surface area contributed by atoms with Gasteiger partial charge >= 0.3 is 5.97 Å². The fourth-order valence-corrected chi connectivity index (χ4v) is 6.53. The SMILES string of the molecule is CON(C)C(=O)C=CC=C(C)[C@@H]1CC=C/C=C/C(=O)C(C)[C@@H](O)[C@@H](CCC(C)=O)C(=O)N[C@@H](C(C)C)C(=O)N[C@@H](Cc2cccc(O)c2)C(=O)N2CCCC(N2)C(=O)O1. The van der Waals surface area contributed by atoms with Crippen LogP contribution in [0.15, 0.2) is 72.4 Å². The molecule has 0 radical (unpaired) electrons. The minimum atomic E-state index is -1.53. The third-order valence-corrected chi connectivity index (χ3v) is 10.3. The molecule has 1 saturated heterocycles.